The number of carbonyl (C=O) groups is 1. The average molecular weight is 345 g/mol. The maximum Gasteiger partial charge on any atom is 0.261 e. The number of halogens is 2. The molecule has 23 heavy (non-hydrogen) atoms. The van der Waals surface area contributed by atoms with Crippen molar-refractivity contribution in [1.82, 2.24) is 5.32 Å². The molecule has 1 amide bonds. The lowest BCUT2D eigenvalue weighted by molar-refractivity contribution is -0.117. The molecular formula is C18H14Cl2N2O. The first kappa shape index (κ1) is 17.1. The minimum Gasteiger partial charge on any atom is -0.351 e. The molecule has 0 aliphatic carbocycles. The zero-order valence-corrected chi connectivity index (χ0v) is 13.7. The molecule has 5 heteroatoms. The lowest BCUT2D eigenvalue weighted by Gasteiger charge is -2.05. The molecule has 0 heterocycles. The molecule has 2 rings (SSSR count). The molecule has 0 atom stereocenters. The lowest BCUT2D eigenvalue weighted by Crippen LogP contribution is -2.26. The van der Waals surface area contributed by atoms with Crippen molar-refractivity contribution >= 4 is 35.2 Å². The van der Waals surface area contributed by atoms with E-state index in [9.17, 15) is 4.79 Å². The van der Waals surface area contributed by atoms with Crippen LogP contribution in [-0.4, -0.2) is 12.5 Å². The van der Waals surface area contributed by atoms with Crippen LogP contribution < -0.4 is 5.32 Å². The molecule has 0 saturated heterocycles. The third-order valence-corrected chi connectivity index (χ3v) is 3.90. The molecular weight excluding hydrogens is 331 g/mol. The SMILES string of the molecule is N#C/C(=C\c1ccc(Cl)c(Cl)c1)C(=O)NCCc1ccccc1. The summed E-state index contributed by atoms with van der Waals surface area (Å²) in [6, 6.07) is 16.6. The zero-order valence-electron chi connectivity index (χ0n) is 12.2. The van der Waals surface area contributed by atoms with Gasteiger partial charge in [0.15, 0.2) is 0 Å². The summed E-state index contributed by atoms with van der Waals surface area (Å²) >= 11 is 11.8. The average Bonchev–Trinajstić information content (AvgIpc) is 2.56. The van der Waals surface area contributed by atoms with Crippen molar-refractivity contribution in [3.05, 3.63) is 75.3 Å². The number of hydrogen-bond acceptors (Lipinski definition) is 2. The molecule has 0 bridgehead atoms. The second-order valence-electron chi connectivity index (χ2n) is 4.83. The molecule has 0 aliphatic heterocycles. The molecule has 0 fully saturated rings. The van der Waals surface area contributed by atoms with Crippen LogP contribution in [0.4, 0.5) is 0 Å². The summed E-state index contributed by atoms with van der Waals surface area (Å²) in [4.78, 5) is 12.1. The van der Waals surface area contributed by atoms with E-state index in [0.717, 1.165) is 5.56 Å². The molecule has 1 N–H and O–H groups in total. The van der Waals surface area contributed by atoms with E-state index in [4.69, 9.17) is 28.5 Å². The second-order valence-corrected chi connectivity index (χ2v) is 5.65. The molecule has 2 aromatic rings. The topological polar surface area (TPSA) is 52.9 Å². The molecule has 0 unspecified atom stereocenters. The number of nitrogens with one attached hydrogen (secondary N) is 1. The third-order valence-electron chi connectivity index (χ3n) is 3.16. The van der Waals surface area contributed by atoms with Gasteiger partial charge in [0.2, 0.25) is 0 Å². The van der Waals surface area contributed by atoms with Crippen molar-refractivity contribution in [3.8, 4) is 6.07 Å². The Morgan fingerprint density at radius 1 is 1.13 bits per heavy atom. The first-order valence-corrected chi connectivity index (χ1v) is 7.74. The van der Waals surface area contributed by atoms with Gasteiger partial charge in [-0.2, -0.15) is 5.26 Å². The third kappa shape index (κ3) is 5.14. The Morgan fingerprint density at radius 3 is 2.52 bits per heavy atom. The first-order valence-electron chi connectivity index (χ1n) is 6.99. The zero-order chi connectivity index (χ0) is 16.7. The summed E-state index contributed by atoms with van der Waals surface area (Å²) in [5, 5.41) is 12.7. The quantitative estimate of drug-likeness (QED) is 0.650. The minimum absolute atomic E-state index is 0.0245. The smallest absolute Gasteiger partial charge is 0.261 e. The highest BCUT2D eigenvalue weighted by atomic mass is 35.5. The number of carbonyl (C=O) groups excluding carboxylic acids is 1. The summed E-state index contributed by atoms with van der Waals surface area (Å²) in [6.45, 7) is 0.462. The van der Waals surface area contributed by atoms with Crippen molar-refractivity contribution in [3.63, 3.8) is 0 Å². The Bertz CT molecular complexity index is 764. The largest absolute Gasteiger partial charge is 0.351 e. The van der Waals surface area contributed by atoms with Crippen LogP contribution in [0.3, 0.4) is 0 Å². The van der Waals surface area contributed by atoms with Crippen molar-refractivity contribution in [2.75, 3.05) is 6.54 Å². The Labute approximate surface area is 145 Å². The summed E-state index contributed by atoms with van der Waals surface area (Å²) in [5.41, 5.74) is 1.80. The van der Waals surface area contributed by atoms with E-state index in [1.54, 1.807) is 18.2 Å². The standard InChI is InChI=1S/C18H14Cl2N2O/c19-16-7-6-14(11-17(16)20)10-15(12-21)18(23)22-9-8-13-4-2-1-3-5-13/h1-7,10-11H,8-9H2,(H,22,23)/b15-10+. The van der Waals surface area contributed by atoms with Crippen LogP contribution >= 0.6 is 23.2 Å². The van der Waals surface area contributed by atoms with Gasteiger partial charge in [0.05, 0.1) is 10.0 Å². The van der Waals surface area contributed by atoms with E-state index < -0.39 is 5.91 Å². The fraction of sp³-hybridized carbons (Fsp3) is 0.111. The van der Waals surface area contributed by atoms with Crippen molar-refractivity contribution in [1.29, 1.82) is 5.26 Å². The van der Waals surface area contributed by atoms with Crippen molar-refractivity contribution < 1.29 is 4.79 Å². The van der Waals surface area contributed by atoms with Crippen molar-refractivity contribution in [2.45, 2.75) is 6.42 Å². The van der Waals surface area contributed by atoms with Crippen LogP contribution in [0.15, 0.2) is 54.1 Å². The maximum absolute atomic E-state index is 12.1. The van der Waals surface area contributed by atoms with Gasteiger partial charge in [-0.1, -0.05) is 59.6 Å². The first-order chi connectivity index (χ1) is 11.1. The predicted octanol–water partition coefficient (Wildman–Crippen LogP) is 4.26. The lowest BCUT2D eigenvalue weighted by atomic mass is 10.1. The van der Waals surface area contributed by atoms with Crippen LogP contribution in [0.2, 0.25) is 10.0 Å². The van der Waals surface area contributed by atoms with E-state index in [1.165, 1.54) is 6.08 Å². The second kappa shape index (κ2) is 8.38. The Hall–Kier alpha value is -2.28. The maximum atomic E-state index is 12.1. The van der Waals surface area contributed by atoms with Gasteiger partial charge >= 0.3 is 0 Å². The Morgan fingerprint density at radius 2 is 1.87 bits per heavy atom. The summed E-state index contributed by atoms with van der Waals surface area (Å²) in [5.74, 6) is -0.408. The highest BCUT2D eigenvalue weighted by molar-refractivity contribution is 6.42. The van der Waals surface area contributed by atoms with Crippen LogP contribution in [0.5, 0.6) is 0 Å². The number of benzene rings is 2. The highest BCUT2D eigenvalue weighted by Gasteiger charge is 2.09. The molecule has 0 aromatic heterocycles. The molecule has 0 radical (unpaired) electrons. The van der Waals surface area contributed by atoms with E-state index in [2.05, 4.69) is 5.32 Å². The van der Waals surface area contributed by atoms with Gasteiger partial charge in [0, 0.05) is 6.54 Å². The predicted molar refractivity (Wildman–Crippen MR) is 93.2 cm³/mol. The van der Waals surface area contributed by atoms with Crippen molar-refractivity contribution in [2.24, 2.45) is 0 Å². The van der Waals surface area contributed by atoms with Crippen LogP contribution in [-0.2, 0) is 11.2 Å². The van der Waals surface area contributed by atoms with Gasteiger partial charge in [-0.3, -0.25) is 4.79 Å². The van der Waals surface area contributed by atoms with Gasteiger partial charge in [-0.15, -0.1) is 0 Å². The Kier molecular flexibility index (Phi) is 6.22. The van der Waals surface area contributed by atoms with Gasteiger partial charge < -0.3 is 5.32 Å². The normalized spacial score (nSPS) is 10.9. The molecule has 0 saturated carbocycles. The molecule has 3 nitrogen and oxygen atoms in total. The summed E-state index contributed by atoms with van der Waals surface area (Å²) in [7, 11) is 0. The minimum atomic E-state index is -0.408. The molecule has 116 valence electrons. The number of nitrogens with zero attached hydrogens (tertiary/aromatic N) is 1. The molecule has 0 aliphatic rings. The number of rotatable bonds is 5. The van der Waals surface area contributed by atoms with Crippen LogP contribution in [0, 0.1) is 11.3 Å². The van der Waals surface area contributed by atoms with Crippen LogP contribution in [0.1, 0.15) is 11.1 Å². The highest BCUT2D eigenvalue weighted by Crippen LogP contribution is 2.23. The monoisotopic (exact) mass is 344 g/mol. The van der Waals surface area contributed by atoms with Gasteiger partial charge in [0.25, 0.3) is 5.91 Å². The molecule has 0 spiro atoms. The number of nitriles is 1. The van der Waals surface area contributed by atoms with E-state index in [0.29, 0.717) is 28.6 Å². The van der Waals surface area contributed by atoms with Gasteiger partial charge in [0.1, 0.15) is 11.6 Å². The van der Waals surface area contributed by atoms with Crippen LogP contribution in [0.25, 0.3) is 6.08 Å². The molecule has 2 aromatic carbocycles. The van der Waals surface area contributed by atoms with E-state index in [-0.39, 0.29) is 5.57 Å². The van der Waals surface area contributed by atoms with E-state index in [1.807, 2.05) is 36.4 Å². The summed E-state index contributed by atoms with van der Waals surface area (Å²) in [6.07, 6.45) is 2.19. The summed E-state index contributed by atoms with van der Waals surface area (Å²) < 4.78 is 0. The number of amides is 1. The fourth-order valence-corrected chi connectivity index (χ4v) is 2.28. The van der Waals surface area contributed by atoms with E-state index >= 15 is 0 Å². The Balaban J connectivity index is 1.99. The fourth-order valence-electron chi connectivity index (χ4n) is 1.98. The van der Waals surface area contributed by atoms with Gasteiger partial charge in [-0.05, 0) is 35.8 Å². The number of hydrogen-bond donors (Lipinski definition) is 1. The van der Waals surface area contributed by atoms with Gasteiger partial charge in [-0.25, -0.2) is 0 Å².